The Labute approximate surface area is 73.1 Å². The number of hydrogen-bond donors (Lipinski definition) is 2. The lowest BCUT2D eigenvalue weighted by Crippen LogP contribution is -2.36. The molecule has 0 saturated heterocycles. The summed E-state index contributed by atoms with van der Waals surface area (Å²) in [6.45, 7) is 1.77. The molecule has 0 rings (SSSR count). The van der Waals surface area contributed by atoms with Crippen LogP contribution in [0.5, 0.6) is 0 Å². The molecule has 0 heterocycles. The molecule has 0 aromatic carbocycles. The van der Waals surface area contributed by atoms with Crippen LogP contribution in [0.15, 0.2) is 0 Å². The first-order valence-electron chi connectivity index (χ1n) is 3.48. The molecule has 12 heavy (non-hydrogen) atoms. The zero-order valence-electron chi connectivity index (χ0n) is 7.48. The fraction of sp³-hybridized carbons (Fsp3) is 1.00. The van der Waals surface area contributed by atoms with E-state index in [4.69, 9.17) is 18.6 Å². The van der Waals surface area contributed by atoms with Crippen molar-refractivity contribution >= 4 is 16.2 Å². The zero-order chi connectivity index (χ0) is 9.83. The van der Waals surface area contributed by atoms with E-state index < -0.39 is 16.2 Å². The van der Waals surface area contributed by atoms with Gasteiger partial charge in [-0.1, -0.05) is 0 Å². The van der Waals surface area contributed by atoms with E-state index in [0.29, 0.717) is 6.04 Å². The first-order valence-corrected chi connectivity index (χ1v) is 7.80. The summed E-state index contributed by atoms with van der Waals surface area (Å²) in [6, 6.07) is 0.310. The van der Waals surface area contributed by atoms with Gasteiger partial charge >= 0.3 is 16.2 Å². The minimum absolute atomic E-state index is 0.169. The molecular weight excluding hydrogens is 199 g/mol. The molecule has 5 nitrogen and oxygen atoms in total. The lowest BCUT2D eigenvalue weighted by Gasteiger charge is -2.22. The highest BCUT2D eigenvalue weighted by Crippen LogP contribution is 2.37. The molecule has 0 aliphatic carbocycles. The maximum absolute atomic E-state index is 10.5. The first-order chi connectivity index (χ1) is 5.33. The third-order valence-corrected chi connectivity index (χ3v) is 5.83. The summed E-state index contributed by atoms with van der Waals surface area (Å²) in [6.07, 6.45) is -0.169. The Morgan fingerprint density at radius 1 is 1.33 bits per heavy atom. The second kappa shape index (κ2) is 4.50. The van der Waals surface area contributed by atoms with E-state index in [0.717, 1.165) is 0 Å². The van der Waals surface area contributed by atoms with Crippen molar-refractivity contribution in [3.05, 3.63) is 0 Å². The Morgan fingerprint density at radius 3 is 2.00 bits per heavy atom. The molecule has 0 unspecified atom stereocenters. The van der Waals surface area contributed by atoms with Gasteiger partial charge in [-0.2, -0.15) is 0 Å². The third-order valence-electron chi connectivity index (χ3n) is 1.72. The van der Waals surface area contributed by atoms with E-state index in [2.05, 4.69) is 0 Å². The molecule has 0 spiro atoms. The molecule has 0 fully saturated rings. The average Bonchev–Trinajstić information content (AvgIpc) is 1.99. The van der Waals surface area contributed by atoms with Crippen molar-refractivity contribution < 1.29 is 23.2 Å². The lowest BCUT2D eigenvalue weighted by atomic mass is 11.0. The molecule has 7 heteroatoms. The Morgan fingerprint density at radius 2 is 1.75 bits per heavy atom. The predicted molar refractivity (Wildman–Crippen MR) is 47.4 cm³/mol. The zero-order valence-corrected chi connectivity index (χ0v) is 9.38. The summed E-state index contributed by atoms with van der Waals surface area (Å²) in [7, 11) is -3.22. The quantitative estimate of drug-likeness (QED) is 0.515. The van der Waals surface area contributed by atoms with Crippen molar-refractivity contribution in [1.82, 2.24) is 0 Å². The fourth-order valence-corrected chi connectivity index (χ4v) is 4.00. The summed E-state index contributed by atoms with van der Waals surface area (Å²) in [4.78, 5) is 17.2. The van der Waals surface area contributed by atoms with Crippen molar-refractivity contribution in [1.29, 1.82) is 0 Å². The second-order valence-electron chi connectivity index (χ2n) is 2.68. The average molecular weight is 214 g/mol. The minimum atomic E-state index is -3.91. The third kappa shape index (κ3) is 5.03. The highest BCUT2D eigenvalue weighted by Gasteiger charge is 2.31. The summed E-state index contributed by atoms with van der Waals surface area (Å²) >= 11 is 0. The lowest BCUT2D eigenvalue weighted by molar-refractivity contribution is 0.250. The normalized spacial score (nSPS) is 13.4. The van der Waals surface area contributed by atoms with Gasteiger partial charge in [-0.3, -0.25) is 4.57 Å². The number of hydrogen-bond acceptors (Lipinski definition) is 3. The van der Waals surface area contributed by atoms with Gasteiger partial charge in [0.25, 0.3) is 0 Å². The largest absolute Gasteiger partial charge is 0.398 e. The fourth-order valence-electron chi connectivity index (χ4n) is 0.636. The van der Waals surface area contributed by atoms with Crippen LogP contribution in [0, 0.1) is 0 Å². The predicted octanol–water partition coefficient (Wildman–Crippen LogP) is 0.529. The van der Waals surface area contributed by atoms with Gasteiger partial charge in [0.1, 0.15) is 0 Å². The van der Waals surface area contributed by atoms with Gasteiger partial charge in [-0.15, -0.1) is 0 Å². The van der Waals surface area contributed by atoms with Crippen molar-refractivity contribution in [2.75, 3.05) is 20.4 Å². The maximum atomic E-state index is 10.5. The van der Waals surface area contributed by atoms with E-state index in [1.807, 2.05) is 0 Å². The van der Waals surface area contributed by atoms with Crippen LogP contribution in [-0.2, 0) is 13.4 Å². The van der Waals surface area contributed by atoms with Gasteiger partial charge < -0.3 is 18.6 Å². The van der Waals surface area contributed by atoms with Gasteiger partial charge in [0, 0.05) is 20.3 Å². The van der Waals surface area contributed by atoms with Crippen LogP contribution in [0.25, 0.3) is 0 Å². The molecule has 0 atom stereocenters. The number of rotatable bonds is 5. The molecule has 0 radical (unpaired) electrons. The Kier molecular flexibility index (Phi) is 4.61. The smallest absolute Gasteiger partial charge is 0.335 e. The molecule has 0 aromatic rings. The second-order valence-corrected chi connectivity index (χ2v) is 8.04. The maximum Gasteiger partial charge on any atom is 0.335 e. The van der Waals surface area contributed by atoms with Crippen molar-refractivity contribution in [3.8, 4) is 0 Å². The molecular formula is C5H15O5PSi. The topological polar surface area (TPSA) is 76.0 Å². The molecule has 0 aliphatic rings. The van der Waals surface area contributed by atoms with E-state index in [-0.39, 0.29) is 6.16 Å². The van der Waals surface area contributed by atoms with Crippen LogP contribution in [0.2, 0.25) is 12.6 Å². The molecule has 0 aromatic heterocycles. The molecule has 0 bridgehead atoms. The van der Waals surface area contributed by atoms with Crippen LogP contribution in [0.4, 0.5) is 0 Å². The first kappa shape index (κ1) is 12.3. The van der Waals surface area contributed by atoms with Crippen LogP contribution >= 0.6 is 7.60 Å². The Balaban J connectivity index is 3.98. The van der Waals surface area contributed by atoms with Gasteiger partial charge in [0.05, 0.1) is 6.16 Å². The Hall–Kier alpha value is 0.287. The highest BCUT2D eigenvalue weighted by atomic mass is 31.2. The summed E-state index contributed by atoms with van der Waals surface area (Å²) < 4.78 is 20.6. The van der Waals surface area contributed by atoms with Gasteiger partial charge in [0.15, 0.2) is 0 Å². The molecule has 0 amide bonds. The summed E-state index contributed by atoms with van der Waals surface area (Å²) in [5.74, 6) is 0. The van der Waals surface area contributed by atoms with Gasteiger partial charge in [0.2, 0.25) is 0 Å². The van der Waals surface area contributed by atoms with E-state index >= 15 is 0 Å². The Bertz CT molecular complexity index is 175. The van der Waals surface area contributed by atoms with Crippen molar-refractivity contribution in [2.24, 2.45) is 0 Å². The highest BCUT2D eigenvalue weighted by molar-refractivity contribution is 7.51. The van der Waals surface area contributed by atoms with E-state index in [1.54, 1.807) is 6.55 Å². The molecule has 74 valence electrons. The van der Waals surface area contributed by atoms with Gasteiger partial charge in [-0.25, -0.2) is 0 Å². The van der Waals surface area contributed by atoms with Crippen molar-refractivity contribution in [3.63, 3.8) is 0 Å². The standard InChI is InChI=1S/C5H15O5PSi/c1-9-12(3,10-2)5-4-11(6,7)8/h4-5H2,1-3H3,(H2,6,7,8). The minimum Gasteiger partial charge on any atom is -0.398 e. The van der Waals surface area contributed by atoms with Gasteiger partial charge in [-0.05, 0) is 6.55 Å². The van der Waals surface area contributed by atoms with Crippen LogP contribution in [0.1, 0.15) is 0 Å². The molecule has 0 saturated carbocycles. The monoisotopic (exact) mass is 214 g/mol. The van der Waals surface area contributed by atoms with Crippen LogP contribution in [-0.4, -0.2) is 38.7 Å². The van der Waals surface area contributed by atoms with E-state index in [9.17, 15) is 4.57 Å². The SMILES string of the molecule is CO[Si](C)(CCP(=O)(O)O)OC. The molecule has 0 aliphatic heterocycles. The summed E-state index contributed by atoms with van der Waals surface area (Å²) in [5, 5.41) is 0. The van der Waals surface area contributed by atoms with Crippen LogP contribution in [0.3, 0.4) is 0 Å². The summed E-state index contributed by atoms with van der Waals surface area (Å²) in [5.41, 5.74) is 0. The molecule has 2 N–H and O–H groups in total. The van der Waals surface area contributed by atoms with Crippen molar-refractivity contribution in [2.45, 2.75) is 12.6 Å². The van der Waals surface area contributed by atoms with Crippen LogP contribution < -0.4 is 0 Å². The van der Waals surface area contributed by atoms with E-state index in [1.165, 1.54) is 14.2 Å².